The predicted molar refractivity (Wildman–Crippen MR) is 92.2 cm³/mol. The SMILES string of the molecule is N#C/C(=C/NCCCN1CCCC1=O)C(=O)Nc1ccc(Cl)cc1. The maximum atomic E-state index is 12.0. The highest BCUT2D eigenvalue weighted by Gasteiger charge is 2.18. The van der Waals surface area contributed by atoms with Crippen LogP contribution in [0.15, 0.2) is 36.0 Å². The van der Waals surface area contributed by atoms with Crippen LogP contribution in [-0.4, -0.2) is 36.3 Å². The van der Waals surface area contributed by atoms with E-state index < -0.39 is 5.91 Å². The smallest absolute Gasteiger partial charge is 0.267 e. The van der Waals surface area contributed by atoms with Crippen molar-refractivity contribution in [1.82, 2.24) is 10.2 Å². The zero-order chi connectivity index (χ0) is 17.4. The summed E-state index contributed by atoms with van der Waals surface area (Å²) in [5, 5.41) is 15.2. The third-order valence-electron chi connectivity index (χ3n) is 3.63. The Kier molecular flexibility index (Phi) is 6.64. The molecule has 7 heteroatoms. The molecule has 1 aliphatic heterocycles. The molecular formula is C17H19ClN4O2. The summed E-state index contributed by atoms with van der Waals surface area (Å²) in [6, 6.07) is 8.51. The lowest BCUT2D eigenvalue weighted by molar-refractivity contribution is -0.127. The van der Waals surface area contributed by atoms with Crippen molar-refractivity contribution in [1.29, 1.82) is 5.26 Å². The van der Waals surface area contributed by atoms with Crippen LogP contribution in [0.5, 0.6) is 0 Å². The summed E-state index contributed by atoms with van der Waals surface area (Å²) in [5.74, 6) is -0.285. The molecule has 0 bridgehead atoms. The average molecular weight is 347 g/mol. The molecule has 0 atom stereocenters. The third-order valence-corrected chi connectivity index (χ3v) is 3.89. The number of halogens is 1. The molecule has 126 valence electrons. The number of nitriles is 1. The normalized spacial score (nSPS) is 14.4. The molecule has 24 heavy (non-hydrogen) atoms. The van der Waals surface area contributed by atoms with E-state index in [1.54, 1.807) is 24.3 Å². The van der Waals surface area contributed by atoms with E-state index in [4.69, 9.17) is 16.9 Å². The zero-order valence-corrected chi connectivity index (χ0v) is 14.0. The third kappa shape index (κ3) is 5.28. The van der Waals surface area contributed by atoms with E-state index in [1.165, 1.54) is 6.20 Å². The van der Waals surface area contributed by atoms with Gasteiger partial charge in [0.2, 0.25) is 5.91 Å². The quantitative estimate of drug-likeness (QED) is 0.450. The molecule has 1 aliphatic rings. The Morgan fingerprint density at radius 2 is 2.12 bits per heavy atom. The largest absolute Gasteiger partial charge is 0.390 e. The summed E-state index contributed by atoms with van der Waals surface area (Å²) < 4.78 is 0. The van der Waals surface area contributed by atoms with Crippen molar-refractivity contribution < 1.29 is 9.59 Å². The first kappa shape index (κ1) is 17.8. The van der Waals surface area contributed by atoms with Gasteiger partial charge in [-0.15, -0.1) is 0 Å². The van der Waals surface area contributed by atoms with Gasteiger partial charge in [0.1, 0.15) is 11.6 Å². The van der Waals surface area contributed by atoms with Crippen LogP contribution in [-0.2, 0) is 9.59 Å². The van der Waals surface area contributed by atoms with Gasteiger partial charge in [0, 0.05) is 43.0 Å². The number of carbonyl (C=O) groups excluding carboxylic acids is 2. The minimum Gasteiger partial charge on any atom is -0.390 e. The fourth-order valence-electron chi connectivity index (χ4n) is 2.37. The van der Waals surface area contributed by atoms with Gasteiger partial charge >= 0.3 is 0 Å². The Morgan fingerprint density at radius 3 is 2.75 bits per heavy atom. The number of hydrogen-bond acceptors (Lipinski definition) is 4. The van der Waals surface area contributed by atoms with Crippen LogP contribution in [0.2, 0.25) is 5.02 Å². The number of likely N-dealkylation sites (tertiary alicyclic amines) is 1. The predicted octanol–water partition coefficient (Wildman–Crippen LogP) is 2.29. The second-order valence-electron chi connectivity index (χ2n) is 5.42. The maximum absolute atomic E-state index is 12.0. The first-order chi connectivity index (χ1) is 11.6. The number of nitrogens with zero attached hydrogens (tertiary/aromatic N) is 2. The van der Waals surface area contributed by atoms with Crippen molar-refractivity contribution in [2.75, 3.05) is 25.0 Å². The molecule has 1 saturated heterocycles. The van der Waals surface area contributed by atoms with Gasteiger partial charge in [-0.3, -0.25) is 9.59 Å². The highest BCUT2D eigenvalue weighted by atomic mass is 35.5. The van der Waals surface area contributed by atoms with Crippen molar-refractivity contribution >= 4 is 29.1 Å². The lowest BCUT2D eigenvalue weighted by Gasteiger charge is -2.14. The van der Waals surface area contributed by atoms with Crippen molar-refractivity contribution in [3.8, 4) is 6.07 Å². The number of rotatable bonds is 7. The van der Waals surface area contributed by atoms with Gasteiger partial charge in [0.15, 0.2) is 0 Å². The number of benzene rings is 1. The van der Waals surface area contributed by atoms with Crippen LogP contribution >= 0.6 is 11.6 Å². The van der Waals surface area contributed by atoms with Gasteiger partial charge in [-0.05, 0) is 37.1 Å². The molecular weight excluding hydrogens is 328 g/mol. The average Bonchev–Trinajstić information content (AvgIpc) is 2.98. The standard InChI is InChI=1S/C17H19ClN4O2/c18-14-4-6-15(7-5-14)21-17(24)13(11-19)12-20-8-2-10-22-9-1-3-16(22)23/h4-7,12,20H,1-3,8-10H2,(H,21,24)/b13-12-. The number of nitrogens with one attached hydrogen (secondary N) is 2. The monoisotopic (exact) mass is 346 g/mol. The second-order valence-corrected chi connectivity index (χ2v) is 5.86. The summed E-state index contributed by atoms with van der Waals surface area (Å²) in [5.41, 5.74) is 0.556. The molecule has 0 unspecified atom stereocenters. The van der Waals surface area contributed by atoms with E-state index >= 15 is 0 Å². The fraction of sp³-hybridized carbons (Fsp3) is 0.353. The Labute approximate surface area is 146 Å². The summed E-state index contributed by atoms with van der Waals surface area (Å²) in [6.07, 6.45) is 3.73. The van der Waals surface area contributed by atoms with Crippen molar-refractivity contribution in [2.24, 2.45) is 0 Å². The van der Waals surface area contributed by atoms with E-state index in [0.717, 1.165) is 19.4 Å². The van der Waals surface area contributed by atoms with Gasteiger partial charge in [-0.1, -0.05) is 11.6 Å². The molecule has 2 amide bonds. The highest BCUT2D eigenvalue weighted by Crippen LogP contribution is 2.14. The second kappa shape index (κ2) is 8.94. The number of anilines is 1. The van der Waals surface area contributed by atoms with Crippen LogP contribution in [0.3, 0.4) is 0 Å². The summed E-state index contributed by atoms with van der Waals surface area (Å²) in [7, 11) is 0. The first-order valence-electron chi connectivity index (χ1n) is 7.78. The molecule has 0 saturated carbocycles. The van der Waals surface area contributed by atoms with Gasteiger partial charge in [-0.2, -0.15) is 5.26 Å². The highest BCUT2D eigenvalue weighted by molar-refractivity contribution is 6.30. The molecule has 2 N–H and O–H groups in total. The van der Waals surface area contributed by atoms with Crippen LogP contribution in [0.1, 0.15) is 19.3 Å². The Morgan fingerprint density at radius 1 is 1.38 bits per heavy atom. The lowest BCUT2D eigenvalue weighted by atomic mass is 10.2. The number of carbonyl (C=O) groups is 2. The molecule has 0 spiro atoms. The zero-order valence-electron chi connectivity index (χ0n) is 13.2. The van der Waals surface area contributed by atoms with Crippen LogP contribution in [0, 0.1) is 11.3 Å². The minimum absolute atomic E-state index is 0.0119. The maximum Gasteiger partial charge on any atom is 0.267 e. The number of hydrogen-bond donors (Lipinski definition) is 2. The topological polar surface area (TPSA) is 85.2 Å². The molecule has 1 aromatic rings. The van der Waals surface area contributed by atoms with E-state index in [0.29, 0.717) is 30.2 Å². The molecule has 1 fully saturated rings. The Bertz CT molecular complexity index is 664. The van der Waals surface area contributed by atoms with E-state index in [9.17, 15) is 9.59 Å². The molecule has 2 rings (SSSR count). The summed E-state index contributed by atoms with van der Waals surface area (Å²) in [6.45, 7) is 2.10. The lowest BCUT2D eigenvalue weighted by Crippen LogP contribution is -2.27. The Balaban J connectivity index is 1.76. The van der Waals surface area contributed by atoms with Gasteiger partial charge in [0.25, 0.3) is 5.91 Å². The molecule has 1 heterocycles. The molecule has 0 aliphatic carbocycles. The van der Waals surface area contributed by atoms with Gasteiger partial charge in [-0.25, -0.2) is 0 Å². The van der Waals surface area contributed by atoms with Crippen molar-refractivity contribution in [3.05, 3.63) is 41.1 Å². The van der Waals surface area contributed by atoms with E-state index in [-0.39, 0.29) is 11.5 Å². The van der Waals surface area contributed by atoms with Crippen molar-refractivity contribution in [3.63, 3.8) is 0 Å². The molecule has 0 radical (unpaired) electrons. The van der Waals surface area contributed by atoms with Crippen LogP contribution < -0.4 is 10.6 Å². The Hall–Kier alpha value is -2.52. The van der Waals surface area contributed by atoms with Crippen LogP contribution in [0.4, 0.5) is 5.69 Å². The molecule has 6 nitrogen and oxygen atoms in total. The summed E-state index contributed by atoms with van der Waals surface area (Å²) >= 11 is 5.78. The van der Waals surface area contributed by atoms with Crippen LogP contribution in [0.25, 0.3) is 0 Å². The minimum atomic E-state index is -0.484. The van der Waals surface area contributed by atoms with E-state index in [2.05, 4.69) is 10.6 Å². The first-order valence-corrected chi connectivity index (χ1v) is 8.16. The van der Waals surface area contributed by atoms with Gasteiger partial charge in [0.05, 0.1) is 0 Å². The van der Waals surface area contributed by atoms with Crippen molar-refractivity contribution in [2.45, 2.75) is 19.3 Å². The molecule has 0 aromatic heterocycles. The number of amides is 2. The molecule has 1 aromatic carbocycles. The fourth-order valence-corrected chi connectivity index (χ4v) is 2.49. The summed E-state index contributed by atoms with van der Waals surface area (Å²) in [4.78, 5) is 25.3. The van der Waals surface area contributed by atoms with E-state index in [1.807, 2.05) is 11.0 Å². The van der Waals surface area contributed by atoms with Gasteiger partial charge < -0.3 is 15.5 Å².